The predicted octanol–water partition coefficient (Wildman–Crippen LogP) is 1.96. The number of nitrogens with zero attached hydrogens (tertiary/aromatic N) is 4. The van der Waals surface area contributed by atoms with E-state index in [1.165, 1.54) is 19.0 Å². The Kier molecular flexibility index (Phi) is 3.80. The number of aromatic nitrogens is 3. The first kappa shape index (κ1) is 12.9. The van der Waals surface area contributed by atoms with Crippen LogP contribution in [0.4, 0.5) is 0 Å². The van der Waals surface area contributed by atoms with Crippen molar-refractivity contribution in [2.24, 2.45) is 0 Å². The summed E-state index contributed by atoms with van der Waals surface area (Å²) < 4.78 is 7.04. The van der Waals surface area contributed by atoms with E-state index in [1.807, 2.05) is 21.8 Å². The third-order valence-corrected chi connectivity index (χ3v) is 3.78. The van der Waals surface area contributed by atoms with Gasteiger partial charge in [0.1, 0.15) is 0 Å². The van der Waals surface area contributed by atoms with Gasteiger partial charge in [-0.05, 0) is 31.7 Å². The molecule has 20 heavy (non-hydrogen) atoms. The van der Waals surface area contributed by atoms with Crippen molar-refractivity contribution in [3.8, 4) is 0 Å². The summed E-state index contributed by atoms with van der Waals surface area (Å²) in [5.74, 6) is 0.281. The lowest BCUT2D eigenvalue weighted by molar-refractivity contribution is 0.0561. The van der Waals surface area contributed by atoms with Crippen LogP contribution in [0.25, 0.3) is 0 Å². The van der Waals surface area contributed by atoms with E-state index in [0.29, 0.717) is 5.76 Å². The van der Waals surface area contributed by atoms with Crippen LogP contribution < -0.4 is 0 Å². The van der Waals surface area contributed by atoms with Crippen molar-refractivity contribution in [1.82, 2.24) is 19.7 Å². The minimum absolute atomic E-state index is 0.0485. The summed E-state index contributed by atoms with van der Waals surface area (Å²) in [5.41, 5.74) is 0. The average molecular weight is 274 g/mol. The summed E-state index contributed by atoms with van der Waals surface area (Å²) in [5, 5.41) is 4.21. The summed E-state index contributed by atoms with van der Waals surface area (Å²) in [6.45, 7) is 1.63. The first-order valence-electron chi connectivity index (χ1n) is 7.01. The van der Waals surface area contributed by atoms with Crippen LogP contribution in [0.5, 0.6) is 0 Å². The van der Waals surface area contributed by atoms with E-state index in [0.717, 1.165) is 32.4 Å². The molecule has 3 rings (SSSR count). The van der Waals surface area contributed by atoms with E-state index >= 15 is 0 Å². The third kappa shape index (κ3) is 2.74. The number of carbonyl (C=O) groups excluding carboxylic acids is 1. The number of piperidine rings is 1. The van der Waals surface area contributed by atoms with E-state index < -0.39 is 0 Å². The molecular weight excluding hydrogens is 256 g/mol. The maximum Gasteiger partial charge on any atom is 0.291 e. The molecule has 0 bridgehead atoms. The standard InChI is InChI=1S/C14H18N4O2/c19-14(13-10-15-11-20-13)18-8-2-1-4-12(18)5-9-17-7-3-6-16-17/h3,6-7,10-12H,1-2,4-5,8-9H2/t12-/m0/s1. The molecule has 6 nitrogen and oxygen atoms in total. The van der Waals surface area contributed by atoms with Crippen molar-refractivity contribution in [3.63, 3.8) is 0 Å². The molecule has 2 aromatic heterocycles. The summed E-state index contributed by atoms with van der Waals surface area (Å²) >= 11 is 0. The molecule has 1 saturated heterocycles. The zero-order chi connectivity index (χ0) is 13.8. The molecule has 0 spiro atoms. The van der Waals surface area contributed by atoms with Gasteiger partial charge in [0.25, 0.3) is 5.91 Å². The summed E-state index contributed by atoms with van der Waals surface area (Å²) in [4.78, 5) is 18.1. The van der Waals surface area contributed by atoms with Crippen LogP contribution in [0.15, 0.2) is 35.5 Å². The molecule has 0 unspecified atom stereocenters. The van der Waals surface area contributed by atoms with Crippen LogP contribution in [0.1, 0.15) is 36.2 Å². The Morgan fingerprint density at radius 3 is 3.15 bits per heavy atom. The monoisotopic (exact) mass is 274 g/mol. The minimum Gasteiger partial charge on any atom is -0.438 e. The maximum atomic E-state index is 12.4. The number of rotatable bonds is 4. The molecule has 1 amide bonds. The van der Waals surface area contributed by atoms with Crippen molar-refractivity contribution >= 4 is 5.91 Å². The Hall–Kier alpha value is -2.11. The Bertz CT molecular complexity index is 536. The van der Waals surface area contributed by atoms with Crippen LogP contribution >= 0.6 is 0 Å². The highest BCUT2D eigenvalue weighted by molar-refractivity contribution is 5.91. The van der Waals surface area contributed by atoms with Crippen molar-refractivity contribution in [2.75, 3.05) is 6.54 Å². The molecule has 1 atom stereocenters. The molecule has 1 fully saturated rings. The number of likely N-dealkylation sites (tertiary alicyclic amines) is 1. The molecule has 0 aliphatic carbocycles. The fourth-order valence-corrected chi connectivity index (χ4v) is 2.75. The number of amides is 1. The fraction of sp³-hybridized carbons (Fsp3) is 0.500. The highest BCUT2D eigenvalue weighted by atomic mass is 16.3. The van der Waals surface area contributed by atoms with Crippen LogP contribution in [-0.2, 0) is 6.54 Å². The summed E-state index contributed by atoms with van der Waals surface area (Å²) in [7, 11) is 0. The molecule has 0 N–H and O–H groups in total. The molecular formula is C14H18N4O2. The average Bonchev–Trinajstić information content (AvgIpc) is 3.18. The van der Waals surface area contributed by atoms with Crippen LogP contribution in [0.2, 0.25) is 0 Å². The van der Waals surface area contributed by atoms with E-state index in [4.69, 9.17) is 4.42 Å². The van der Waals surface area contributed by atoms with Gasteiger partial charge >= 0.3 is 0 Å². The Morgan fingerprint density at radius 2 is 2.40 bits per heavy atom. The van der Waals surface area contributed by atoms with Crippen LogP contribution in [0, 0.1) is 0 Å². The lowest BCUT2D eigenvalue weighted by Crippen LogP contribution is -2.44. The van der Waals surface area contributed by atoms with Gasteiger partial charge in [-0.2, -0.15) is 5.10 Å². The van der Waals surface area contributed by atoms with E-state index in [-0.39, 0.29) is 11.9 Å². The molecule has 6 heteroatoms. The van der Waals surface area contributed by atoms with E-state index in [9.17, 15) is 4.79 Å². The summed E-state index contributed by atoms with van der Waals surface area (Å²) in [6, 6.07) is 2.17. The summed E-state index contributed by atoms with van der Waals surface area (Å²) in [6.07, 6.45) is 10.7. The molecule has 3 heterocycles. The molecule has 0 radical (unpaired) electrons. The van der Waals surface area contributed by atoms with Crippen molar-refractivity contribution < 1.29 is 9.21 Å². The molecule has 1 aliphatic heterocycles. The van der Waals surface area contributed by atoms with Crippen molar-refractivity contribution in [3.05, 3.63) is 36.8 Å². The largest absolute Gasteiger partial charge is 0.438 e. The van der Waals surface area contributed by atoms with E-state index in [1.54, 1.807) is 6.20 Å². The first-order chi connectivity index (χ1) is 9.84. The van der Waals surface area contributed by atoms with Gasteiger partial charge < -0.3 is 9.32 Å². The van der Waals surface area contributed by atoms with Gasteiger partial charge in [0.15, 0.2) is 6.39 Å². The topological polar surface area (TPSA) is 64.2 Å². The predicted molar refractivity (Wildman–Crippen MR) is 72.0 cm³/mol. The first-order valence-corrected chi connectivity index (χ1v) is 7.01. The zero-order valence-corrected chi connectivity index (χ0v) is 11.3. The molecule has 1 aliphatic rings. The normalized spacial score (nSPS) is 19.2. The Labute approximate surface area is 117 Å². The second-order valence-corrected chi connectivity index (χ2v) is 5.07. The van der Waals surface area contributed by atoms with Crippen LogP contribution in [-0.4, -0.2) is 38.2 Å². The van der Waals surface area contributed by atoms with Gasteiger partial charge in [0.2, 0.25) is 5.76 Å². The number of hydrogen-bond acceptors (Lipinski definition) is 4. The quantitative estimate of drug-likeness (QED) is 0.855. The van der Waals surface area contributed by atoms with Crippen molar-refractivity contribution in [2.45, 2.75) is 38.3 Å². The third-order valence-electron chi connectivity index (χ3n) is 3.78. The molecule has 0 aromatic carbocycles. The molecule has 0 saturated carbocycles. The number of oxazole rings is 1. The second-order valence-electron chi connectivity index (χ2n) is 5.07. The van der Waals surface area contributed by atoms with Crippen molar-refractivity contribution in [1.29, 1.82) is 0 Å². The van der Waals surface area contributed by atoms with Gasteiger partial charge in [-0.25, -0.2) is 4.98 Å². The number of carbonyl (C=O) groups is 1. The van der Waals surface area contributed by atoms with Gasteiger partial charge in [-0.1, -0.05) is 0 Å². The highest BCUT2D eigenvalue weighted by Crippen LogP contribution is 2.22. The lowest BCUT2D eigenvalue weighted by atomic mass is 9.99. The lowest BCUT2D eigenvalue weighted by Gasteiger charge is -2.35. The number of hydrogen-bond donors (Lipinski definition) is 0. The minimum atomic E-state index is -0.0485. The van der Waals surface area contributed by atoms with Gasteiger partial charge in [-0.3, -0.25) is 9.48 Å². The Balaban J connectivity index is 1.66. The molecule has 2 aromatic rings. The van der Waals surface area contributed by atoms with Gasteiger partial charge in [0, 0.05) is 31.5 Å². The number of aryl methyl sites for hydroxylation is 1. The zero-order valence-electron chi connectivity index (χ0n) is 11.3. The Morgan fingerprint density at radius 1 is 1.45 bits per heavy atom. The van der Waals surface area contributed by atoms with Crippen LogP contribution in [0.3, 0.4) is 0 Å². The smallest absolute Gasteiger partial charge is 0.291 e. The molecule has 106 valence electrons. The maximum absolute atomic E-state index is 12.4. The SMILES string of the molecule is O=C(c1cnco1)N1CCCC[C@H]1CCn1cccn1. The van der Waals surface area contributed by atoms with Gasteiger partial charge in [0.05, 0.1) is 6.20 Å². The highest BCUT2D eigenvalue weighted by Gasteiger charge is 2.28. The fourth-order valence-electron chi connectivity index (χ4n) is 2.75. The second kappa shape index (κ2) is 5.90. The van der Waals surface area contributed by atoms with E-state index in [2.05, 4.69) is 10.1 Å². The van der Waals surface area contributed by atoms with Gasteiger partial charge in [-0.15, -0.1) is 0 Å².